The van der Waals surface area contributed by atoms with Crippen molar-refractivity contribution in [1.29, 1.82) is 0 Å². The van der Waals surface area contributed by atoms with Gasteiger partial charge in [-0.1, -0.05) is 42.5 Å². The summed E-state index contributed by atoms with van der Waals surface area (Å²) in [6.45, 7) is 0.534. The summed E-state index contributed by atoms with van der Waals surface area (Å²) in [5.41, 5.74) is 0.510. The van der Waals surface area contributed by atoms with Crippen molar-refractivity contribution in [1.82, 2.24) is 10.6 Å². The molecule has 10 heteroatoms. The minimum Gasteiger partial charge on any atom is -0.356 e. The van der Waals surface area contributed by atoms with Crippen LogP contribution in [0.25, 0.3) is 0 Å². The molecule has 0 atom stereocenters. The van der Waals surface area contributed by atoms with E-state index >= 15 is 0 Å². The van der Waals surface area contributed by atoms with Crippen LogP contribution in [0.15, 0.2) is 59.6 Å². The molecule has 0 aliphatic rings. The molecular formula is C20H25F3IN3O2S. The lowest BCUT2D eigenvalue weighted by molar-refractivity contribution is -0.137. The van der Waals surface area contributed by atoms with E-state index in [0.29, 0.717) is 24.5 Å². The van der Waals surface area contributed by atoms with Crippen LogP contribution >= 0.6 is 24.0 Å². The molecule has 2 N–H and O–H groups in total. The van der Waals surface area contributed by atoms with Gasteiger partial charge in [0.1, 0.15) is 0 Å². The zero-order valence-corrected chi connectivity index (χ0v) is 19.6. The van der Waals surface area contributed by atoms with E-state index in [4.69, 9.17) is 0 Å². The van der Waals surface area contributed by atoms with E-state index in [2.05, 4.69) is 15.6 Å². The largest absolute Gasteiger partial charge is 0.416 e. The lowest BCUT2D eigenvalue weighted by Crippen LogP contribution is -2.37. The molecule has 0 spiro atoms. The summed E-state index contributed by atoms with van der Waals surface area (Å²) in [7, 11) is -1.68. The van der Waals surface area contributed by atoms with Crippen molar-refractivity contribution in [2.45, 2.75) is 24.9 Å². The Balaban J connectivity index is 0.00000450. The van der Waals surface area contributed by atoms with Gasteiger partial charge in [-0.3, -0.25) is 4.99 Å². The molecule has 0 bridgehead atoms. The number of hydrogen-bond donors (Lipinski definition) is 2. The Morgan fingerprint density at radius 1 is 1.00 bits per heavy atom. The average Bonchev–Trinajstić information content (AvgIpc) is 2.67. The predicted octanol–water partition coefficient (Wildman–Crippen LogP) is 3.99. The average molecular weight is 555 g/mol. The van der Waals surface area contributed by atoms with Gasteiger partial charge in [-0.2, -0.15) is 13.2 Å². The highest BCUT2D eigenvalue weighted by Gasteiger charge is 2.30. The Labute approximate surface area is 192 Å². The Hall–Kier alpha value is -1.82. The standard InChI is InChI=1S/C20H24F3N3O2S.HI/c1-24-19(26-14-17-9-5-10-18(13-17)20(21,22)23)25-11-6-12-29(27,28)15-16-7-3-2-4-8-16;/h2-5,7-10,13H,6,11-12,14-15H2,1H3,(H2,24,25,26);1H. The first-order chi connectivity index (χ1) is 13.7. The highest BCUT2D eigenvalue weighted by molar-refractivity contribution is 14.0. The van der Waals surface area contributed by atoms with E-state index in [0.717, 1.165) is 17.7 Å². The summed E-state index contributed by atoms with van der Waals surface area (Å²) in [6, 6.07) is 14.0. The summed E-state index contributed by atoms with van der Waals surface area (Å²) in [6.07, 6.45) is -4.00. The van der Waals surface area contributed by atoms with E-state index in [-0.39, 0.29) is 42.0 Å². The van der Waals surface area contributed by atoms with Crippen molar-refractivity contribution in [2.75, 3.05) is 19.3 Å². The lowest BCUT2D eigenvalue weighted by atomic mass is 10.1. The van der Waals surface area contributed by atoms with Gasteiger partial charge >= 0.3 is 6.18 Å². The fourth-order valence-corrected chi connectivity index (χ4v) is 4.09. The minimum atomic E-state index is -4.39. The molecule has 0 amide bonds. The van der Waals surface area contributed by atoms with Crippen molar-refractivity contribution < 1.29 is 21.6 Å². The fourth-order valence-electron chi connectivity index (χ4n) is 2.66. The number of halogens is 4. The smallest absolute Gasteiger partial charge is 0.356 e. The highest BCUT2D eigenvalue weighted by Crippen LogP contribution is 2.29. The second kappa shape index (κ2) is 12.1. The Morgan fingerprint density at radius 2 is 1.67 bits per heavy atom. The third kappa shape index (κ3) is 9.33. The number of nitrogens with zero attached hydrogens (tertiary/aromatic N) is 1. The predicted molar refractivity (Wildman–Crippen MR) is 124 cm³/mol. The van der Waals surface area contributed by atoms with Gasteiger partial charge in [0.2, 0.25) is 0 Å². The SMILES string of the molecule is CN=C(NCCCS(=O)(=O)Cc1ccccc1)NCc1cccc(C(F)(F)F)c1.I. The van der Waals surface area contributed by atoms with Crippen LogP contribution in [0.3, 0.4) is 0 Å². The van der Waals surface area contributed by atoms with Gasteiger partial charge in [0.15, 0.2) is 15.8 Å². The van der Waals surface area contributed by atoms with E-state index in [1.54, 1.807) is 30.3 Å². The number of alkyl halides is 3. The number of nitrogens with one attached hydrogen (secondary N) is 2. The third-order valence-corrected chi connectivity index (χ3v) is 5.78. The van der Waals surface area contributed by atoms with Crippen LogP contribution in [0.2, 0.25) is 0 Å². The van der Waals surface area contributed by atoms with Gasteiger partial charge < -0.3 is 10.6 Å². The first-order valence-corrected chi connectivity index (χ1v) is 10.9. The molecule has 0 heterocycles. The van der Waals surface area contributed by atoms with Crippen LogP contribution < -0.4 is 10.6 Å². The maximum Gasteiger partial charge on any atom is 0.416 e. The van der Waals surface area contributed by atoms with Crippen LogP contribution in [0.1, 0.15) is 23.1 Å². The number of guanidine groups is 1. The number of sulfone groups is 1. The van der Waals surface area contributed by atoms with E-state index in [1.807, 2.05) is 6.07 Å². The molecule has 0 aromatic heterocycles. The van der Waals surface area contributed by atoms with Crippen LogP contribution in [0.4, 0.5) is 13.2 Å². The summed E-state index contributed by atoms with van der Waals surface area (Å²) in [5.74, 6) is 0.415. The minimum absolute atomic E-state index is 0. The topological polar surface area (TPSA) is 70.6 Å². The summed E-state index contributed by atoms with van der Waals surface area (Å²) >= 11 is 0. The monoisotopic (exact) mass is 555 g/mol. The molecule has 30 heavy (non-hydrogen) atoms. The highest BCUT2D eigenvalue weighted by atomic mass is 127. The zero-order chi connectivity index (χ0) is 21.3. The van der Waals surface area contributed by atoms with Crippen molar-refractivity contribution in [3.63, 3.8) is 0 Å². The van der Waals surface area contributed by atoms with E-state index in [9.17, 15) is 21.6 Å². The van der Waals surface area contributed by atoms with E-state index in [1.165, 1.54) is 13.1 Å². The van der Waals surface area contributed by atoms with Crippen LogP contribution in [-0.2, 0) is 28.3 Å². The molecule has 5 nitrogen and oxygen atoms in total. The van der Waals surface area contributed by atoms with Gasteiger partial charge in [0, 0.05) is 20.1 Å². The normalized spacial score (nSPS) is 12.2. The fraction of sp³-hybridized carbons (Fsp3) is 0.350. The molecule has 0 unspecified atom stereocenters. The van der Waals surface area contributed by atoms with Crippen molar-refractivity contribution >= 4 is 39.8 Å². The molecule has 0 aliphatic carbocycles. The molecular weight excluding hydrogens is 530 g/mol. The van der Waals surface area contributed by atoms with Crippen LogP contribution in [0, 0.1) is 0 Å². The number of benzene rings is 2. The van der Waals surface area contributed by atoms with Gasteiger partial charge in [0.05, 0.1) is 17.1 Å². The van der Waals surface area contributed by atoms with Gasteiger partial charge in [0.25, 0.3) is 0 Å². The number of rotatable bonds is 8. The molecule has 2 aromatic carbocycles. The maximum absolute atomic E-state index is 12.8. The maximum atomic E-state index is 12.8. The lowest BCUT2D eigenvalue weighted by Gasteiger charge is -2.13. The van der Waals surface area contributed by atoms with Crippen molar-refractivity contribution in [3.8, 4) is 0 Å². The zero-order valence-electron chi connectivity index (χ0n) is 16.4. The first-order valence-electron chi connectivity index (χ1n) is 9.04. The van der Waals surface area contributed by atoms with Gasteiger partial charge in [-0.25, -0.2) is 8.42 Å². The summed E-state index contributed by atoms with van der Waals surface area (Å²) < 4.78 is 62.6. The van der Waals surface area contributed by atoms with Crippen molar-refractivity contribution in [3.05, 3.63) is 71.3 Å². The second-order valence-electron chi connectivity index (χ2n) is 6.48. The number of aliphatic imine (C=N–C) groups is 1. The van der Waals surface area contributed by atoms with Gasteiger partial charge in [-0.15, -0.1) is 24.0 Å². The molecule has 0 saturated carbocycles. The molecule has 0 saturated heterocycles. The van der Waals surface area contributed by atoms with Crippen LogP contribution in [-0.4, -0.2) is 33.7 Å². The summed E-state index contributed by atoms with van der Waals surface area (Å²) in [4.78, 5) is 4.00. The van der Waals surface area contributed by atoms with E-state index < -0.39 is 21.6 Å². The molecule has 0 radical (unpaired) electrons. The molecule has 0 fully saturated rings. The first kappa shape index (κ1) is 26.2. The summed E-state index contributed by atoms with van der Waals surface area (Å²) in [5, 5.41) is 5.90. The quantitative estimate of drug-likeness (QED) is 0.224. The molecule has 2 aromatic rings. The molecule has 2 rings (SSSR count). The van der Waals surface area contributed by atoms with Crippen LogP contribution in [0.5, 0.6) is 0 Å². The van der Waals surface area contributed by atoms with Gasteiger partial charge in [-0.05, 0) is 29.7 Å². The molecule has 0 aliphatic heterocycles. The Bertz CT molecular complexity index is 920. The van der Waals surface area contributed by atoms with Crippen molar-refractivity contribution in [2.24, 2.45) is 4.99 Å². The Kier molecular flexibility index (Phi) is 10.6. The third-order valence-electron chi connectivity index (χ3n) is 4.09. The second-order valence-corrected chi connectivity index (χ2v) is 8.67. The number of hydrogen-bond acceptors (Lipinski definition) is 3. The molecule has 166 valence electrons. The Morgan fingerprint density at radius 3 is 2.30 bits per heavy atom.